The number of ether oxygens (including phenoxy) is 1. The molecule has 7 nitrogen and oxygen atoms in total. The molecule has 0 radical (unpaired) electrons. The molecule has 0 fully saturated rings. The molecule has 0 amide bonds. The summed E-state index contributed by atoms with van der Waals surface area (Å²) in [5.74, 6) is 0.611. The fraction of sp³-hybridized carbons (Fsp3) is 0.700. The molecule has 0 saturated heterocycles. The minimum atomic E-state index is -3.64. The SMILES string of the molecule is CCc1ncc(S(=O)(=O)N(C)CC(O)COC)[nH]1. The number of aromatic nitrogens is 2. The highest BCUT2D eigenvalue weighted by Gasteiger charge is 2.24. The molecule has 0 spiro atoms. The van der Waals surface area contributed by atoms with Crippen molar-refractivity contribution in [1.29, 1.82) is 0 Å². The molecule has 0 aliphatic carbocycles. The second-order valence-electron chi connectivity index (χ2n) is 3.94. The first-order valence-electron chi connectivity index (χ1n) is 5.59. The summed E-state index contributed by atoms with van der Waals surface area (Å²) in [7, 11) is -0.794. The highest BCUT2D eigenvalue weighted by atomic mass is 32.2. The van der Waals surface area contributed by atoms with Crippen LogP contribution < -0.4 is 0 Å². The van der Waals surface area contributed by atoms with Gasteiger partial charge >= 0.3 is 0 Å². The third-order valence-corrected chi connectivity index (χ3v) is 4.19. The molecule has 0 saturated carbocycles. The number of aliphatic hydroxyl groups excluding tert-OH is 1. The Bertz CT molecular complexity index is 471. The maximum Gasteiger partial charge on any atom is 0.259 e. The summed E-state index contributed by atoms with van der Waals surface area (Å²) >= 11 is 0. The highest BCUT2D eigenvalue weighted by Crippen LogP contribution is 2.12. The first-order chi connectivity index (χ1) is 8.41. The maximum atomic E-state index is 12.1. The fourth-order valence-corrected chi connectivity index (χ4v) is 2.60. The normalized spacial score (nSPS) is 14.1. The number of methoxy groups -OCH3 is 1. The predicted molar refractivity (Wildman–Crippen MR) is 65.7 cm³/mol. The summed E-state index contributed by atoms with van der Waals surface area (Å²) in [6.45, 7) is 1.93. The van der Waals surface area contributed by atoms with Crippen LogP contribution in [0.5, 0.6) is 0 Å². The zero-order valence-corrected chi connectivity index (χ0v) is 11.6. The van der Waals surface area contributed by atoms with Gasteiger partial charge in [-0.25, -0.2) is 13.4 Å². The number of hydrogen-bond acceptors (Lipinski definition) is 5. The van der Waals surface area contributed by atoms with E-state index in [4.69, 9.17) is 4.74 Å². The molecule has 1 rings (SSSR count). The summed E-state index contributed by atoms with van der Waals surface area (Å²) in [6, 6.07) is 0. The summed E-state index contributed by atoms with van der Waals surface area (Å²) in [5.41, 5.74) is 0. The average Bonchev–Trinajstić information content (AvgIpc) is 2.78. The van der Waals surface area contributed by atoms with E-state index in [2.05, 4.69) is 9.97 Å². The van der Waals surface area contributed by atoms with Crippen LogP contribution in [-0.4, -0.2) is 61.2 Å². The molecule has 1 aromatic rings. The standard InChI is InChI=1S/C10H19N3O4S/c1-4-9-11-5-10(12-9)18(15,16)13(2)6-8(14)7-17-3/h5,8,14H,4,6-7H2,1-3H3,(H,11,12). The molecular weight excluding hydrogens is 258 g/mol. The molecule has 0 aromatic carbocycles. The summed E-state index contributed by atoms with van der Waals surface area (Å²) < 4.78 is 30.0. The molecule has 0 bridgehead atoms. The predicted octanol–water partition coefficient (Wildman–Crippen LogP) is -0.400. The van der Waals surface area contributed by atoms with Gasteiger partial charge in [0.2, 0.25) is 0 Å². The molecule has 1 unspecified atom stereocenters. The van der Waals surface area contributed by atoms with E-state index in [1.54, 1.807) is 0 Å². The number of nitrogens with one attached hydrogen (secondary N) is 1. The Morgan fingerprint density at radius 2 is 2.28 bits per heavy atom. The van der Waals surface area contributed by atoms with Gasteiger partial charge in [-0.15, -0.1) is 0 Å². The maximum absolute atomic E-state index is 12.1. The van der Waals surface area contributed by atoms with E-state index in [0.717, 1.165) is 4.31 Å². The number of rotatable bonds is 7. The highest BCUT2D eigenvalue weighted by molar-refractivity contribution is 7.89. The number of likely N-dealkylation sites (N-methyl/N-ethyl adjacent to an activating group) is 1. The lowest BCUT2D eigenvalue weighted by Crippen LogP contribution is -2.36. The quantitative estimate of drug-likeness (QED) is 0.707. The second-order valence-corrected chi connectivity index (χ2v) is 5.96. The van der Waals surface area contributed by atoms with Crippen LogP contribution in [0.25, 0.3) is 0 Å². The lowest BCUT2D eigenvalue weighted by atomic mass is 10.4. The Morgan fingerprint density at radius 3 is 2.78 bits per heavy atom. The number of aryl methyl sites for hydroxylation is 1. The van der Waals surface area contributed by atoms with Gasteiger partial charge < -0.3 is 14.8 Å². The minimum Gasteiger partial charge on any atom is -0.389 e. The van der Waals surface area contributed by atoms with Gasteiger partial charge in [-0.3, -0.25) is 0 Å². The van der Waals surface area contributed by atoms with Crippen LogP contribution in [0.4, 0.5) is 0 Å². The molecule has 18 heavy (non-hydrogen) atoms. The summed E-state index contributed by atoms with van der Waals surface area (Å²) in [6.07, 6.45) is 1.06. The first kappa shape index (κ1) is 15.1. The van der Waals surface area contributed by atoms with Crippen LogP contribution in [0.2, 0.25) is 0 Å². The number of aliphatic hydroxyl groups is 1. The lowest BCUT2D eigenvalue weighted by molar-refractivity contribution is 0.0554. The van der Waals surface area contributed by atoms with Crippen LogP contribution in [0.1, 0.15) is 12.7 Å². The lowest BCUT2D eigenvalue weighted by Gasteiger charge is -2.19. The van der Waals surface area contributed by atoms with E-state index in [9.17, 15) is 13.5 Å². The largest absolute Gasteiger partial charge is 0.389 e. The van der Waals surface area contributed by atoms with Crippen molar-refractivity contribution in [2.45, 2.75) is 24.5 Å². The fourth-order valence-electron chi connectivity index (χ4n) is 1.46. The van der Waals surface area contributed by atoms with Crippen molar-refractivity contribution < 1.29 is 18.3 Å². The molecule has 0 aliphatic heterocycles. The number of nitrogens with zero attached hydrogens (tertiary/aromatic N) is 2. The monoisotopic (exact) mass is 277 g/mol. The third kappa shape index (κ3) is 3.52. The van der Waals surface area contributed by atoms with Crippen molar-refractivity contribution in [2.75, 3.05) is 27.3 Å². The molecule has 8 heteroatoms. The van der Waals surface area contributed by atoms with Crippen LogP contribution in [-0.2, 0) is 21.2 Å². The van der Waals surface area contributed by atoms with Crippen LogP contribution >= 0.6 is 0 Å². The molecule has 104 valence electrons. The van der Waals surface area contributed by atoms with E-state index in [1.165, 1.54) is 20.4 Å². The van der Waals surface area contributed by atoms with Gasteiger partial charge in [-0.05, 0) is 0 Å². The molecule has 1 aromatic heterocycles. The van der Waals surface area contributed by atoms with Crippen LogP contribution in [0.15, 0.2) is 11.2 Å². The molecular formula is C10H19N3O4S. The first-order valence-corrected chi connectivity index (χ1v) is 7.03. The second kappa shape index (κ2) is 6.28. The van der Waals surface area contributed by atoms with Crippen molar-refractivity contribution in [3.8, 4) is 0 Å². The van der Waals surface area contributed by atoms with Gasteiger partial charge in [-0.1, -0.05) is 6.92 Å². The minimum absolute atomic E-state index is 0.0311. The number of sulfonamides is 1. The molecule has 2 N–H and O–H groups in total. The number of imidazole rings is 1. The Morgan fingerprint density at radius 1 is 1.61 bits per heavy atom. The Balaban J connectivity index is 2.79. The Kier molecular flexibility index (Phi) is 5.27. The van der Waals surface area contributed by atoms with Crippen molar-refractivity contribution in [3.63, 3.8) is 0 Å². The van der Waals surface area contributed by atoms with Crippen molar-refractivity contribution in [1.82, 2.24) is 14.3 Å². The van der Waals surface area contributed by atoms with Gasteiger partial charge in [0, 0.05) is 27.1 Å². The van der Waals surface area contributed by atoms with E-state index < -0.39 is 16.1 Å². The van der Waals surface area contributed by atoms with Crippen molar-refractivity contribution in [3.05, 3.63) is 12.0 Å². The number of H-pyrrole nitrogens is 1. The average molecular weight is 277 g/mol. The van der Waals surface area contributed by atoms with Crippen LogP contribution in [0.3, 0.4) is 0 Å². The van der Waals surface area contributed by atoms with Gasteiger partial charge in [0.1, 0.15) is 5.82 Å². The topological polar surface area (TPSA) is 95.5 Å². The zero-order valence-electron chi connectivity index (χ0n) is 10.8. The third-order valence-electron chi connectivity index (χ3n) is 2.46. The summed E-state index contributed by atoms with van der Waals surface area (Å²) in [5, 5.41) is 9.56. The van der Waals surface area contributed by atoms with Gasteiger partial charge in [0.15, 0.2) is 5.03 Å². The van der Waals surface area contributed by atoms with E-state index in [-0.39, 0.29) is 18.2 Å². The van der Waals surface area contributed by atoms with E-state index in [0.29, 0.717) is 12.2 Å². The van der Waals surface area contributed by atoms with Crippen molar-refractivity contribution in [2.24, 2.45) is 0 Å². The number of aromatic amines is 1. The van der Waals surface area contributed by atoms with Crippen molar-refractivity contribution >= 4 is 10.0 Å². The van der Waals surface area contributed by atoms with Gasteiger partial charge in [0.25, 0.3) is 10.0 Å². The van der Waals surface area contributed by atoms with E-state index in [1.807, 2.05) is 6.92 Å². The Hall–Kier alpha value is -0.960. The van der Waals surface area contributed by atoms with Gasteiger partial charge in [0.05, 0.1) is 18.9 Å². The molecule has 0 aliphatic rings. The number of hydrogen-bond donors (Lipinski definition) is 2. The summed E-state index contributed by atoms with van der Waals surface area (Å²) in [4.78, 5) is 6.69. The van der Waals surface area contributed by atoms with Crippen LogP contribution in [0, 0.1) is 0 Å². The smallest absolute Gasteiger partial charge is 0.259 e. The Labute approximate surface area is 107 Å². The van der Waals surface area contributed by atoms with Gasteiger partial charge in [-0.2, -0.15) is 4.31 Å². The zero-order chi connectivity index (χ0) is 13.8. The molecule has 1 atom stereocenters. The molecule has 1 heterocycles. The van der Waals surface area contributed by atoms with E-state index >= 15 is 0 Å².